The van der Waals surface area contributed by atoms with E-state index in [1.807, 2.05) is 121 Å². The molecule has 4 saturated heterocycles. The summed E-state index contributed by atoms with van der Waals surface area (Å²) in [6.07, 6.45) is -23.5. The van der Waals surface area contributed by atoms with E-state index in [4.69, 9.17) is 99.5 Å². The molecule has 9 rings (SSSR count). The molecule has 0 unspecified atom stereocenters. The molecule has 0 saturated carbocycles. The van der Waals surface area contributed by atoms with Gasteiger partial charge >= 0.3 is 23.9 Å². The van der Waals surface area contributed by atoms with E-state index in [-0.39, 0.29) is 79.3 Å². The Morgan fingerprint density at radius 3 is 0.863 bits per heavy atom. The van der Waals surface area contributed by atoms with Crippen molar-refractivity contribution in [3.63, 3.8) is 0 Å². The highest BCUT2D eigenvalue weighted by Gasteiger charge is 2.61. The molecule has 0 amide bonds. The summed E-state index contributed by atoms with van der Waals surface area (Å²) in [5.74, 6) is -1.98. The van der Waals surface area contributed by atoms with Gasteiger partial charge < -0.3 is 105 Å². The summed E-state index contributed by atoms with van der Waals surface area (Å²) in [7, 11) is 1.54. The van der Waals surface area contributed by atoms with Gasteiger partial charge in [0.1, 0.15) is 84.7 Å². The molecule has 0 bridgehead atoms. The number of aliphatic hydroxyl groups is 1. The Balaban J connectivity index is 1.21. The maximum Gasteiger partial charge on any atom is 0.311 e. The third kappa shape index (κ3) is 26.9. The maximum atomic E-state index is 15.1. The fourth-order valence-electron chi connectivity index (χ4n) is 12.9. The van der Waals surface area contributed by atoms with Gasteiger partial charge in [0.25, 0.3) is 0 Å². The zero-order valence-electron chi connectivity index (χ0n) is 69.7. The molecule has 20 atom stereocenters. The molecule has 0 aromatic heterocycles. The summed E-state index contributed by atoms with van der Waals surface area (Å²) in [4.78, 5) is 59.1. The topological polar surface area (TPSA) is 282 Å². The van der Waals surface area contributed by atoms with E-state index in [1.54, 1.807) is 107 Å². The van der Waals surface area contributed by atoms with Crippen LogP contribution in [-0.4, -0.2) is 212 Å². The van der Waals surface area contributed by atoms with Gasteiger partial charge in [-0.25, -0.2) is 0 Å². The van der Waals surface area contributed by atoms with Gasteiger partial charge in [-0.3, -0.25) is 19.2 Å². The highest BCUT2D eigenvalue weighted by Crippen LogP contribution is 2.42. The van der Waals surface area contributed by atoms with Crippen LogP contribution in [0.3, 0.4) is 0 Å². The van der Waals surface area contributed by atoms with Gasteiger partial charge in [-0.2, -0.15) is 0 Å². The lowest BCUT2D eigenvalue weighted by molar-refractivity contribution is -0.393. The van der Waals surface area contributed by atoms with Crippen LogP contribution in [0.15, 0.2) is 196 Å². The minimum Gasteiger partial charge on any atom is -0.497 e. The number of rotatable bonds is 41. The minimum atomic E-state index is -1.77. The summed E-state index contributed by atoms with van der Waals surface area (Å²) in [6.45, 7) is 34.6. The van der Waals surface area contributed by atoms with Gasteiger partial charge in [0.15, 0.2) is 43.3 Å². The molecule has 5 aromatic carbocycles. The van der Waals surface area contributed by atoms with Crippen molar-refractivity contribution in [3.8, 4) is 11.5 Å². The van der Waals surface area contributed by atoms with Crippen molar-refractivity contribution in [2.75, 3.05) is 60.0 Å². The van der Waals surface area contributed by atoms with Gasteiger partial charge in [-0.1, -0.05) is 146 Å². The highest BCUT2D eigenvalue weighted by atomic mass is 16.8. The van der Waals surface area contributed by atoms with Crippen LogP contribution in [0.5, 0.6) is 11.5 Å². The number of carbonyl (C=O) groups excluding carboxylic acids is 4. The lowest BCUT2D eigenvalue weighted by atomic mass is 9.93. The zero-order valence-corrected chi connectivity index (χ0v) is 69.7. The molecule has 5 aromatic rings. The van der Waals surface area contributed by atoms with E-state index in [1.165, 1.54) is 31.4 Å². The van der Waals surface area contributed by atoms with Crippen LogP contribution in [-0.2, 0) is 136 Å². The van der Waals surface area contributed by atoms with Gasteiger partial charge in [0.05, 0.1) is 108 Å². The van der Waals surface area contributed by atoms with Crippen LogP contribution >= 0.6 is 0 Å². The molecule has 117 heavy (non-hydrogen) atoms. The van der Waals surface area contributed by atoms with E-state index in [0.717, 1.165) is 22.3 Å². The normalized spacial score (nSPS) is 27.6. The molecule has 4 heterocycles. The third-order valence-electron chi connectivity index (χ3n) is 19.2. The van der Waals surface area contributed by atoms with Crippen molar-refractivity contribution in [2.24, 2.45) is 21.7 Å². The van der Waals surface area contributed by atoms with Crippen LogP contribution in [0.2, 0.25) is 0 Å². The fraction of sp³-hybridized carbons (Fsp3) is 0.538. The fourth-order valence-corrected chi connectivity index (χ4v) is 12.9. The summed E-state index contributed by atoms with van der Waals surface area (Å²) in [5, 5.41) is 12.4. The van der Waals surface area contributed by atoms with E-state index < -0.39 is 168 Å². The first-order valence-electron chi connectivity index (χ1n) is 39.7. The van der Waals surface area contributed by atoms with Crippen LogP contribution in [0.25, 0.3) is 0 Å². The molecule has 0 radical (unpaired) electrons. The molecule has 1 N–H and O–H groups in total. The van der Waals surface area contributed by atoms with Gasteiger partial charge in [0, 0.05) is 0 Å². The monoisotopic (exact) mass is 1630 g/mol. The molecule has 4 aliphatic heterocycles. The average Bonchev–Trinajstić information content (AvgIpc) is 0.757. The second-order valence-corrected chi connectivity index (χ2v) is 33.1. The number of methoxy groups -OCH3 is 1. The highest BCUT2D eigenvalue weighted by molar-refractivity contribution is 5.77. The summed E-state index contributed by atoms with van der Waals surface area (Å²) >= 11 is 0. The van der Waals surface area contributed by atoms with Crippen LogP contribution in [0.1, 0.15) is 105 Å². The largest absolute Gasteiger partial charge is 0.497 e. The zero-order chi connectivity index (χ0) is 84.5. The Hall–Kier alpha value is -8.10. The predicted octanol–water partition coefficient (Wildman–Crippen LogP) is 12.5. The minimum absolute atomic E-state index is 0.0274. The van der Waals surface area contributed by atoms with Crippen LogP contribution in [0.4, 0.5) is 0 Å². The first-order valence-corrected chi connectivity index (χ1v) is 39.7. The van der Waals surface area contributed by atoms with E-state index >= 15 is 9.59 Å². The molecule has 0 spiro atoms. The Morgan fingerprint density at radius 1 is 0.333 bits per heavy atom. The second kappa shape index (κ2) is 44.3. The molecule has 0 aliphatic carbocycles. The van der Waals surface area contributed by atoms with Gasteiger partial charge in [-0.15, -0.1) is 26.3 Å². The Kier molecular flexibility index (Phi) is 35.1. The van der Waals surface area contributed by atoms with Crippen molar-refractivity contribution in [1.82, 2.24) is 0 Å². The van der Waals surface area contributed by atoms with Crippen molar-refractivity contribution < 1.29 is 124 Å². The molecule has 4 aliphatic rings. The summed E-state index contributed by atoms with van der Waals surface area (Å²) in [5.41, 5.74) is -1.41. The molecule has 4 fully saturated rings. The predicted molar refractivity (Wildman–Crippen MR) is 430 cm³/mol. The summed E-state index contributed by atoms with van der Waals surface area (Å²) < 4.78 is 143. The van der Waals surface area contributed by atoms with Gasteiger partial charge in [-0.05, 0) is 130 Å². The van der Waals surface area contributed by atoms with Crippen LogP contribution < -0.4 is 9.47 Å². The average molecular weight is 1630 g/mol. The molecule has 26 heteroatoms. The number of hydrogen-bond acceptors (Lipinski definition) is 26. The van der Waals surface area contributed by atoms with Crippen molar-refractivity contribution in [1.29, 1.82) is 0 Å². The third-order valence-corrected chi connectivity index (χ3v) is 19.2. The van der Waals surface area contributed by atoms with Crippen molar-refractivity contribution >= 4 is 23.9 Å². The first-order chi connectivity index (χ1) is 55.9. The summed E-state index contributed by atoms with van der Waals surface area (Å²) in [6, 6.07) is 44.4. The molecule has 26 nitrogen and oxygen atoms in total. The lowest BCUT2D eigenvalue weighted by Crippen LogP contribution is -2.69. The number of benzene rings is 5. The van der Waals surface area contributed by atoms with Crippen molar-refractivity contribution in [3.05, 3.63) is 218 Å². The first kappa shape index (κ1) is 92.8. The number of carbonyl (C=O) groups is 4. The van der Waals surface area contributed by atoms with Gasteiger partial charge in [0.2, 0.25) is 6.29 Å². The van der Waals surface area contributed by atoms with Crippen LogP contribution in [0, 0.1) is 21.7 Å². The van der Waals surface area contributed by atoms with E-state index in [2.05, 4.69) is 26.3 Å². The maximum absolute atomic E-state index is 15.1. The number of hydrogen-bond donors (Lipinski definition) is 1. The quantitative estimate of drug-likeness (QED) is 0.0216. The standard InChI is InChI=1S/C91H120O26/c1-18-46-102-72-68(92)64(54-98-50-58-34-26-22-27-35-58)107-81(76(72)114-84(93)88(5,6)7)111-70-66(56-100-52-60-38-30-24-31-39-60)109-83(78(74(70)104-48-20-3)116-86(95)90(11,12)13)113-71-67(57-101-53-61-40-32-25-33-41-61)110-82(79(75(71)105-49-21-4)117-87(96)91(14,15)16)112-69-65(55-99-51-59-36-28-23-29-37-59)108-80(106-63-44-42-62(97-17)43-45-63)77(73(69)103-47-19-2)115-85(94)89(8,9)10/h18-45,64-83,92H,1-4,46-57H2,5-17H3/t64-,65-,66-,67-,68+,69+,70+,71+,72+,73+,74+,75+,76-,77-,78-,79-,80-,81+,82+,83+/m1/s1. The Morgan fingerprint density at radius 2 is 0.581 bits per heavy atom. The van der Waals surface area contributed by atoms with E-state index in [9.17, 15) is 14.7 Å². The number of esters is 4. The Labute approximate surface area is 688 Å². The van der Waals surface area contributed by atoms with E-state index in [0.29, 0.717) is 11.5 Å². The smallest absolute Gasteiger partial charge is 0.311 e. The SMILES string of the molecule is C=CCO[C@H]1[C@@H](O[C@@H]2O[C@H](COCc3ccccc3)[C@H](O[C@@H]3O[C@H](COCc4ccccc4)[C@H](O[C@@H]4O[C@H](COCc5ccccc5)[C@H](O)[C@H](OCC=C)[C@H]4OC(=O)C(C)(C)C)[C@H](OCC=C)[C@H]3OC(=O)C(C)(C)C)[C@H](OCC=C)[C@H]2OC(=O)C(C)(C)C)[C@@H](COCc2ccccc2)O[C@@H](Oc2ccc(OC)cc2)[C@@H]1OC(=O)C(C)(C)C. The lowest BCUT2D eigenvalue weighted by Gasteiger charge is -2.52. The molecular formula is C91H120O26. The number of aliphatic hydroxyl groups excluding tert-OH is 1. The Bertz CT molecular complexity index is 3860. The number of ether oxygens (including phenoxy) is 21. The molecule has 640 valence electrons. The molecular weight excluding hydrogens is 1510 g/mol. The van der Waals surface area contributed by atoms with Crippen molar-refractivity contribution in [2.45, 2.75) is 232 Å². The second-order valence-electron chi connectivity index (χ2n) is 33.1.